The summed E-state index contributed by atoms with van der Waals surface area (Å²) in [6.45, 7) is 4.21. The lowest BCUT2D eigenvalue weighted by molar-refractivity contribution is -0.174. The topological polar surface area (TPSA) is 86.4 Å². The third kappa shape index (κ3) is 4.12. The van der Waals surface area contributed by atoms with Gasteiger partial charge in [-0.2, -0.15) is 5.10 Å². The van der Waals surface area contributed by atoms with E-state index in [-0.39, 0.29) is 35.4 Å². The van der Waals surface area contributed by atoms with E-state index in [0.29, 0.717) is 36.7 Å². The minimum atomic E-state index is -1.53. The molecule has 7 atom stereocenters. The Morgan fingerprint density at radius 3 is 2.66 bits per heavy atom. The molecule has 7 rings (SSSR count). The predicted octanol–water partition coefficient (Wildman–Crippen LogP) is 6.29. The molecule has 232 valence electrons. The minimum Gasteiger partial charge on any atom is -0.445 e. The average Bonchev–Trinajstić information content (AvgIpc) is 3.67. The highest BCUT2D eigenvalue weighted by Gasteiger charge is 2.70. The maximum Gasteiger partial charge on any atom is 0.355 e. The number of carbonyl (C=O) groups is 2. The highest BCUT2D eigenvalue weighted by molar-refractivity contribution is 8.13. The van der Waals surface area contributed by atoms with Gasteiger partial charge in [-0.15, -0.1) is 0 Å². The number of allylic oxidation sites excluding steroid dienone is 1. The summed E-state index contributed by atoms with van der Waals surface area (Å²) in [7, 11) is 1.74. The molecule has 3 aromatic rings. The van der Waals surface area contributed by atoms with Gasteiger partial charge >= 0.3 is 5.97 Å². The van der Waals surface area contributed by atoms with Gasteiger partial charge in [0.25, 0.3) is 0 Å². The first-order chi connectivity index (χ1) is 21.0. The number of alkyl halides is 1. The molecule has 1 unspecified atom stereocenters. The number of benzene rings is 1. The summed E-state index contributed by atoms with van der Waals surface area (Å²) in [5.41, 5.74) is 1.73. The molecule has 1 N–H and O–H groups in total. The Morgan fingerprint density at radius 2 is 1.95 bits per heavy atom. The maximum atomic E-state index is 13.8. The van der Waals surface area contributed by atoms with E-state index in [1.54, 1.807) is 42.1 Å². The first-order valence-corrected chi connectivity index (χ1v) is 16.3. The van der Waals surface area contributed by atoms with Gasteiger partial charge in [0.1, 0.15) is 17.5 Å². The molecule has 2 aromatic heterocycles. The molecule has 4 aliphatic rings. The number of fused-ring (bicyclic) bond motifs is 6. The van der Waals surface area contributed by atoms with Crippen LogP contribution in [0, 0.1) is 34.4 Å². The minimum absolute atomic E-state index is 0.0167. The number of hydrogen-bond acceptors (Lipinski definition) is 6. The molecule has 3 saturated carbocycles. The standard InChI is InChI=1S/C34H37F2N3O4S/c1-32-16-20-18-37-39(23-9-7-22(36)8-10-23)27(20)15-21(32)6-11-24-25-12-13-34(31(42)44-19-35,33(25,2)17-28(40)29(24)32)43-30(41)26-5-4-14-38(26)3/h4-5,7-10,14-15,18,24-25,28-29,40H,6,11-13,16-17,19H2,1-3H3/t24-,25-,28?,29+,32-,33-,34-/m0/s1. The van der Waals surface area contributed by atoms with E-state index in [2.05, 4.69) is 18.1 Å². The monoisotopic (exact) mass is 621 g/mol. The van der Waals surface area contributed by atoms with Crippen molar-refractivity contribution in [1.29, 1.82) is 0 Å². The summed E-state index contributed by atoms with van der Waals surface area (Å²) in [6.07, 6.45) is 8.67. The van der Waals surface area contributed by atoms with Crippen LogP contribution in [0.4, 0.5) is 8.78 Å². The summed E-state index contributed by atoms with van der Waals surface area (Å²) in [6, 6.07) is 8.78. The number of aryl methyl sites for hydroxylation is 1. The second kappa shape index (κ2) is 10.4. The highest BCUT2D eigenvalue weighted by atomic mass is 32.2. The van der Waals surface area contributed by atoms with Crippen LogP contribution in [0.1, 0.15) is 67.7 Å². The maximum absolute atomic E-state index is 13.8. The molecule has 4 aliphatic carbocycles. The smallest absolute Gasteiger partial charge is 0.355 e. The zero-order valence-corrected chi connectivity index (χ0v) is 25.9. The number of aliphatic hydroxyl groups excluding tert-OH is 1. The fourth-order valence-corrected chi connectivity index (χ4v) is 10.3. The molecule has 0 aliphatic heterocycles. The first-order valence-electron chi connectivity index (χ1n) is 15.3. The zero-order chi connectivity index (χ0) is 31.0. The second-order valence-corrected chi connectivity index (χ2v) is 14.4. The van der Waals surface area contributed by atoms with Crippen molar-refractivity contribution in [1.82, 2.24) is 14.3 Å². The normalized spacial score (nSPS) is 33.9. The van der Waals surface area contributed by atoms with Gasteiger partial charge in [-0.25, -0.2) is 18.3 Å². The van der Waals surface area contributed by atoms with Crippen molar-refractivity contribution in [3.05, 3.63) is 77.1 Å². The Hall–Kier alpha value is -3.24. The number of halogens is 2. The molecule has 0 bridgehead atoms. The summed E-state index contributed by atoms with van der Waals surface area (Å²) in [4.78, 5) is 27.2. The third-order valence-electron chi connectivity index (χ3n) is 11.6. The van der Waals surface area contributed by atoms with Crippen molar-refractivity contribution in [2.75, 3.05) is 6.01 Å². The quantitative estimate of drug-likeness (QED) is 0.338. The first kappa shape index (κ1) is 29.5. The summed E-state index contributed by atoms with van der Waals surface area (Å²) in [5, 5.41) is 16.2. The number of aromatic nitrogens is 3. The lowest BCUT2D eigenvalue weighted by Crippen LogP contribution is -2.62. The van der Waals surface area contributed by atoms with Crippen molar-refractivity contribution in [3.63, 3.8) is 0 Å². The largest absolute Gasteiger partial charge is 0.445 e. The van der Waals surface area contributed by atoms with E-state index >= 15 is 0 Å². The van der Waals surface area contributed by atoms with Crippen molar-refractivity contribution in [2.45, 2.75) is 64.1 Å². The van der Waals surface area contributed by atoms with E-state index in [9.17, 15) is 23.5 Å². The number of hydrogen-bond donors (Lipinski definition) is 1. The van der Waals surface area contributed by atoms with Crippen LogP contribution in [-0.2, 0) is 23.0 Å². The van der Waals surface area contributed by atoms with Crippen LogP contribution in [-0.4, -0.2) is 48.3 Å². The lowest BCUT2D eigenvalue weighted by atomic mass is 9.45. The van der Waals surface area contributed by atoms with Gasteiger partial charge in [0.15, 0.2) is 5.60 Å². The number of carbonyl (C=O) groups excluding carboxylic acids is 2. The molecular weight excluding hydrogens is 584 g/mol. The fraction of sp³-hybridized carbons (Fsp3) is 0.500. The van der Waals surface area contributed by atoms with Gasteiger partial charge in [0.05, 0.1) is 23.7 Å². The van der Waals surface area contributed by atoms with E-state index in [4.69, 9.17) is 4.74 Å². The van der Waals surface area contributed by atoms with Crippen LogP contribution in [0.15, 0.2) is 54.4 Å². The average molecular weight is 622 g/mol. The SMILES string of the molecule is Cn1cccc1C(=O)O[C@]1(C(=O)SCF)CC[C@H]2[C@@H]3CCC4=Cc5c(cnn5-c5ccc(F)cc5)C[C@]4(C)[C@H]3C(O)C[C@@]21C. The molecule has 1 aromatic carbocycles. The van der Waals surface area contributed by atoms with Crippen molar-refractivity contribution < 1.29 is 28.2 Å². The molecule has 2 heterocycles. The zero-order valence-electron chi connectivity index (χ0n) is 25.1. The molecule has 0 spiro atoms. The third-order valence-corrected chi connectivity index (χ3v) is 12.3. The highest BCUT2D eigenvalue weighted by Crippen LogP contribution is 2.69. The van der Waals surface area contributed by atoms with Crippen LogP contribution in [0.3, 0.4) is 0 Å². The molecule has 10 heteroatoms. The number of ether oxygens (including phenoxy) is 1. The molecule has 0 amide bonds. The Bertz CT molecular complexity index is 1670. The van der Waals surface area contributed by atoms with Crippen LogP contribution >= 0.6 is 11.8 Å². The van der Waals surface area contributed by atoms with Crippen LogP contribution in [0.25, 0.3) is 11.8 Å². The Kier molecular flexibility index (Phi) is 6.97. The Morgan fingerprint density at radius 1 is 1.18 bits per heavy atom. The summed E-state index contributed by atoms with van der Waals surface area (Å²) in [5.74, 6) is -0.858. The van der Waals surface area contributed by atoms with Crippen LogP contribution in [0.2, 0.25) is 0 Å². The molecule has 3 fully saturated rings. The summed E-state index contributed by atoms with van der Waals surface area (Å²) < 4.78 is 37.0. The Balaban J connectivity index is 1.23. The van der Waals surface area contributed by atoms with Gasteiger partial charge in [-0.3, -0.25) is 4.79 Å². The predicted molar refractivity (Wildman–Crippen MR) is 163 cm³/mol. The summed E-state index contributed by atoms with van der Waals surface area (Å²) >= 11 is 0.556. The van der Waals surface area contributed by atoms with E-state index in [0.717, 1.165) is 29.8 Å². The van der Waals surface area contributed by atoms with Gasteiger partial charge in [-0.05, 0) is 121 Å². The van der Waals surface area contributed by atoms with Gasteiger partial charge in [-0.1, -0.05) is 19.4 Å². The molecule has 0 saturated heterocycles. The number of esters is 1. The van der Waals surface area contributed by atoms with Crippen LogP contribution < -0.4 is 0 Å². The number of rotatable bonds is 5. The van der Waals surface area contributed by atoms with Crippen molar-refractivity contribution >= 4 is 28.9 Å². The van der Waals surface area contributed by atoms with Crippen LogP contribution in [0.5, 0.6) is 0 Å². The van der Waals surface area contributed by atoms with Gasteiger partial charge < -0.3 is 14.4 Å². The Labute approximate surface area is 259 Å². The number of nitrogens with zero attached hydrogens (tertiary/aromatic N) is 3. The van der Waals surface area contributed by atoms with E-state index < -0.39 is 34.2 Å². The second-order valence-electron chi connectivity index (χ2n) is 13.5. The molecule has 44 heavy (non-hydrogen) atoms. The lowest BCUT2D eigenvalue weighted by Gasteiger charge is -2.60. The molecular formula is C34H37F2N3O4S. The van der Waals surface area contributed by atoms with Crippen molar-refractivity contribution in [2.24, 2.45) is 35.6 Å². The van der Waals surface area contributed by atoms with E-state index in [1.807, 2.05) is 17.8 Å². The molecule has 7 nitrogen and oxygen atoms in total. The molecule has 0 radical (unpaired) electrons. The number of aliphatic hydroxyl groups is 1. The number of thioether (sulfide) groups is 1. The van der Waals surface area contributed by atoms with Crippen molar-refractivity contribution in [3.8, 4) is 5.69 Å². The fourth-order valence-electron chi connectivity index (χ4n) is 9.56. The van der Waals surface area contributed by atoms with E-state index in [1.165, 1.54) is 17.7 Å². The van der Waals surface area contributed by atoms with Gasteiger partial charge in [0.2, 0.25) is 5.12 Å². The van der Waals surface area contributed by atoms with Gasteiger partial charge in [0, 0.05) is 18.7 Å².